The second-order valence-corrected chi connectivity index (χ2v) is 17.4. The summed E-state index contributed by atoms with van der Waals surface area (Å²) in [4.78, 5) is 12.5. The van der Waals surface area contributed by atoms with Gasteiger partial charge >= 0.3 is 35.5 Å². The van der Waals surface area contributed by atoms with Crippen molar-refractivity contribution in [2.75, 3.05) is 19.0 Å². The fourth-order valence-electron chi connectivity index (χ4n) is 7.37. The molecule has 3 aromatic rings. The number of benzene rings is 3. The number of hydrogen-bond donors (Lipinski definition) is 1. The SMILES string of the molecule is CCCCCCCCCCCCCCCCCC(=O)OCC(O)CO[C@H]1O[C@H](CS(=O)(=O)[O-])[C@@H](OCc2ccccc2)[C@H](OCc2ccccc2)[C@@H]1OCc1ccccc1.[Na+]. The second-order valence-electron chi connectivity index (χ2n) is 15.9. The van der Waals surface area contributed by atoms with Crippen LogP contribution in [0.3, 0.4) is 0 Å². The van der Waals surface area contributed by atoms with Crippen LogP contribution in [0.25, 0.3) is 0 Å². The van der Waals surface area contributed by atoms with Gasteiger partial charge in [-0.05, 0) is 23.1 Å². The normalized spacial score (nSPS) is 19.6. The molecule has 0 amide bonds. The van der Waals surface area contributed by atoms with E-state index in [0.717, 1.165) is 36.0 Å². The van der Waals surface area contributed by atoms with Gasteiger partial charge in [-0.3, -0.25) is 4.79 Å². The van der Waals surface area contributed by atoms with E-state index in [9.17, 15) is 22.9 Å². The van der Waals surface area contributed by atoms with E-state index in [-0.39, 0.29) is 69.0 Å². The standard InChI is InChI=1S/C48H70O11S.Na/c1-2-3-4-5-6-7-8-9-10-11-12-13-14-15-25-32-44(50)54-36-42(49)37-58-48-47(57-35-41-30-23-18-24-31-41)46(56-34-40-28-21-17-22-29-40)45(43(59-48)38-60(51,52)53)55-33-39-26-19-16-20-27-39;/h16-24,26-31,42-43,45-49H,2-15,25,32-38H2,1H3,(H,51,52,53);/q;+1/p-1/t42?,43-,45-,46+,47+,48+;/m1./s1. The van der Waals surface area contributed by atoms with Crippen LogP contribution in [0, 0.1) is 0 Å². The molecule has 4 rings (SSSR count). The fourth-order valence-corrected chi connectivity index (χ4v) is 8.04. The Kier molecular flexibility index (Phi) is 27.5. The van der Waals surface area contributed by atoms with Gasteiger partial charge in [-0.25, -0.2) is 8.42 Å². The topological polar surface area (TPSA) is 150 Å². The van der Waals surface area contributed by atoms with Crippen LogP contribution in [0.2, 0.25) is 0 Å². The second kappa shape index (κ2) is 31.6. The first-order valence-corrected chi connectivity index (χ1v) is 23.8. The minimum atomic E-state index is -4.81. The van der Waals surface area contributed by atoms with E-state index in [1.165, 1.54) is 77.0 Å². The van der Waals surface area contributed by atoms with Crippen molar-refractivity contribution >= 4 is 16.1 Å². The zero-order valence-corrected chi connectivity index (χ0v) is 39.4. The van der Waals surface area contributed by atoms with Crippen LogP contribution < -0.4 is 29.6 Å². The van der Waals surface area contributed by atoms with E-state index in [1.807, 2.05) is 91.0 Å². The smallest absolute Gasteiger partial charge is 0.748 e. The van der Waals surface area contributed by atoms with E-state index < -0.39 is 58.7 Å². The van der Waals surface area contributed by atoms with Gasteiger partial charge in [0.25, 0.3) is 0 Å². The summed E-state index contributed by atoms with van der Waals surface area (Å²) >= 11 is 0. The van der Waals surface area contributed by atoms with Gasteiger partial charge in [-0.1, -0.05) is 188 Å². The number of carbonyl (C=O) groups is 1. The maximum atomic E-state index is 12.5. The van der Waals surface area contributed by atoms with Gasteiger partial charge in [0.05, 0.1) is 42.3 Å². The Bertz CT molecular complexity index is 1650. The van der Waals surface area contributed by atoms with Gasteiger partial charge in [0.2, 0.25) is 0 Å². The summed E-state index contributed by atoms with van der Waals surface area (Å²) in [6, 6.07) is 28.2. The summed E-state index contributed by atoms with van der Waals surface area (Å²) in [7, 11) is -4.81. The van der Waals surface area contributed by atoms with Crippen LogP contribution in [0.15, 0.2) is 91.0 Å². The molecule has 61 heavy (non-hydrogen) atoms. The first kappa shape index (κ1) is 53.1. The van der Waals surface area contributed by atoms with Gasteiger partial charge in [0.1, 0.15) is 37.1 Å². The van der Waals surface area contributed by atoms with Gasteiger partial charge in [-0.15, -0.1) is 0 Å². The first-order valence-electron chi connectivity index (χ1n) is 22.2. The number of carbonyl (C=O) groups excluding carboxylic acids is 1. The van der Waals surface area contributed by atoms with E-state index in [2.05, 4.69) is 6.92 Å². The summed E-state index contributed by atoms with van der Waals surface area (Å²) < 4.78 is 73.7. The predicted molar refractivity (Wildman–Crippen MR) is 231 cm³/mol. The Morgan fingerprint density at radius 1 is 0.607 bits per heavy atom. The van der Waals surface area contributed by atoms with Crippen LogP contribution in [-0.4, -0.2) is 79.8 Å². The Morgan fingerprint density at radius 3 is 1.46 bits per heavy atom. The van der Waals surface area contributed by atoms with Gasteiger partial charge < -0.3 is 38.1 Å². The van der Waals surface area contributed by atoms with Crippen LogP contribution in [0.4, 0.5) is 0 Å². The quantitative estimate of drug-likeness (QED) is 0.0331. The molecular formula is C48H69NaO11S. The molecule has 0 spiro atoms. The van der Waals surface area contributed by atoms with Gasteiger partial charge in [-0.2, -0.15) is 0 Å². The van der Waals surface area contributed by atoms with Crippen molar-refractivity contribution in [2.45, 2.75) is 166 Å². The van der Waals surface area contributed by atoms with E-state index >= 15 is 0 Å². The third-order valence-corrected chi connectivity index (χ3v) is 11.4. The van der Waals surface area contributed by atoms with Gasteiger partial charge in [0.15, 0.2) is 6.29 Å². The average Bonchev–Trinajstić information content (AvgIpc) is 3.25. The zero-order chi connectivity index (χ0) is 42.7. The molecule has 0 aromatic heterocycles. The van der Waals surface area contributed by atoms with E-state index in [0.29, 0.717) is 0 Å². The molecule has 3 aromatic carbocycles. The molecule has 0 aliphatic carbocycles. The van der Waals surface area contributed by atoms with Crippen molar-refractivity contribution in [3.63, 3.8) is 0 Å². The van der Waals surface area contributed by atoms with Crippen LogP contribution in [0.1, 0.15) is 126 Å². The van der Waals surface area contributed by atoms with Crippen LogP contribution in [0.5, 0.6) is 0 Å². The third kappa shape index (κ3) is 22.8. The maximum absolute atomic E-state index is 12.5. The molecule has 1 saturated heterocycles. The Labute approximate surface area is 387 Å². The molecule has 0 radical (unpaired) electrons. The molecule has 1 unspecified atom stereocenters. The van der Waals surface area contributed by atoms with Crippen molar-refractivity contribution in [3.05, 3.63) is 108 Å². The summed E-state index contributed by atoms with van der Waals surface area (Å²) in [6.07, 6.45) is 11.9. The number of rotatable bonds is 32. The molecule has 334 valence electrons. The number of aliphatic hydroxyl groups is 1. The Morgan fingerprint density at radius 2 is 1.02 bits per heavy atom. The van der Waals surface area contributed by atoms with Crippen LogP contribution in [-0.2, 0) is 63.2 Å². The monoisotopic (exact) mass is 876 g/mol. The molecule has 0 bridgehead atoms. The van der Waals surface area contributed by atoms with E-state index in [4.69, 9.17) is 28.4 Å². The van der Waals surface area contributed by atoms with Crippen molar-refractivity contribution in [1.82, 2.24) is 0 Å². The molecule has 1 N–H and O–H groups in total. The van der Waals surface area contributed by atoms with Crippen molar-refractivity contribution < 1.29 is 80.9 Å². The van der Waals surface area contributed by atoms with Crippen LogP contribution >= 0.6 is 0 Å². The summed E-state index contributed by atoms with van der Waals surface area (Å²) in [5.41, 5.74) is 2.52. The van der Waals surface area contributed by atoms with Crippen molar-refractivity contribution in [3.8, 4) is 0 Å². The predicted octanol–water partition coefficient (Wildman–Crippen LogP) is 6.20. The molecular weight excluding hydrogens is 808 g/mol. The number of ether oxygens (including phenoxy) is 6. The molecule has 11 nitrogen and oxygen atoms in total. The maximum Gasteiger partial charge on any atom is 1.00 e. The average molecular weight is 877 g/mol. The molecule has 13 heteroatoms. The molecule has 1 aliphatic rings. The van der Waals surface area contributed by atoms with Gasteiger partial charge in [0, 0.05) is 6.42 Å². The van der Waals surface area contributed by atoms with E-state index in [1.54, 1.807) is 0 Å². The number of esters is 1. The zero-order valence-electron chi connectivity index (χ0n) is 36.6. The third-order valence-electron chi connectivity index (χ3n) is 10.7. The number of unbranched alkanes of at least 4 members (excludes halogenated alkanes) is 14. The molecule has 6 atom stereocenters. The fraction of sp³-hybridized carbons (Fsp3) is 0.604. The molecule has 0 saturated carbocycles. The first-order chi connectivity index (χ1) is 29.2. The minimum Gasteiger partial charge on any atom is -0.748 e. The Hall–Kier alpha value is -2.20. The van der Waals surface area contributed by atoms with Crippen molar-refractivity contribution in [2.24, 2.45) is 0 Å². The number of aliphatic hydroxyl groups excluding tert-OH is 1. The summed E-state index contributed by atoms with van der Waals surface area (Å²) in [5, 5.41) is 10.9. The summed E-state index contributed by atoms with van der Waals surface area (Å²) in [5.74, 6) is -1.31. The number of hydrogen-bond acceptors (Lipinski definition) is 11. The molecule has 1 aliphatic heterocycles. The molecule has 1 fully saturated rings. The minimum absolute atomic E-state index is 0. The Balaban J connectivity index is 0.00000992. The summed E-state index contributed by atoms with van der Waals surface area (Å²) in [6.45, 7) is 1.94. The molecule has 1 heterocycles. The largest absolute Gasteiger partial charge is 1.00 e. The van der Waals surface area contributed by atoms with Crippen molar-refractivity contribution in [1.29, 1.82) is 0 Å².